The zero-order chi connectivity index (χ0) is 24.6. The monoisotopic (exact) mass is 472 g/mol. The van der Waals surface area contributed by atoms with Crippen LogP contribution >= 0.6 is 0 Å². The van der Waals surface area contributed by atoms with Gasteiger partial charge in [-0.3, -0.25) is 4.79 Å². The molecule has 0 saturated heterocycles. The Labute approximate surface area is 189 Å². The SMILES string of the molecule is O=C(Nc1cccc(-c2nn[nH]n2)c1)c1cc(Nc2ccccc2)ncn1.O=C(O)C(F)(F)F. The number of carboxylic acids is 1. The first-order valence-electron chi connectivity index (χ1n) is 9.32. The minimum absolute atomic E-state index is 0.244. The van der Waals surface area contributed by atoms with Gasteiger partial charge in [0.05, 0.1) is 0 Å². The van der Waals surface area contributed by atoms with Crippen molar-refractivity contribution in [3.8, 4) is 11.4 Å². The highest BCUT2D eigenvalue weighted by molar-refractivity contribution is 6.03. The minimum Gasteiger partial charge on any atom is -0.475 e. The molecular formula is C20H15F3N8O3. The molecule has 14 heteroatoms. The van der Waals surface area contributed by atoms with Crippen molar-refractivity contribution in [3.63, 3.8) is 0 Å². The van der Waals surface area contributed by atoms with E-state index in [-0.39, 0.29) is 11.6 Å². The molecule has 0 radical (unpaired) electrons. The van der Waals surface area contributed by atoms with Crippen molar-refractivity contribution in [3.05, 3.63) is 72.7 Å². The molecule has 4 aromatic rings. The number of carboxylic acid groups (broad SMARTS) is 1. The number of hydrogen-bond acceptors (Lipinski definition) is 8. The van der Waals surface area contributed by atoms with Crippen molar-refractivity contribution in [2.24, 2.45) is 0 Å². The Morgan fingerprint density at radius 3 is 2.29 bits per heavy atom. The number of carbonyl (C=O) groups is 2. The number of nitrogens with zero attached hydrogens (tertiary/aromatic N) is 5. The summed E-state index contributed by atoms with van der Waals surface area (Å²) in [6.07, 6.45) is -3.74. The topological polar surface area (TPSA) is 159 Å². The third-order valence-corrected chi connectivity index (χ3v) is 3.91. The van der Waals surface area contributed by atoms with Gasteiger partial charge in [0, 0.05) is 23.0 Å². The average Bonchev–Trinajstić information content (AvgIpc) is 3.35. The molecule has 4 rings (SSSR count). The number of rotatable bonds is 5. The number of hydrogen-bond donors (Lipinski definition) is 4. The number of para-hydroxylation sites is 1. The lowest BCUT2D eigenvalue weighted by atomic mass is 10.2. The van der Waals surface area contributed by atoms with E-state index in [2.05, 4.69) is 41.2 Å². The Bertz CT molecular complexity index is 1250. The predicted molar refractivity (Wildman–Crippen MR) is 113 cm³/mol. The third kappa shape index (κ3) is 6.81. The number of halogens is 3. The van der Waals surface area contributed by atoms with Crippen LogP contribution in [0.2, 0.25) is 0 Å². The van der Waals surface area contributed by atoms with Crippen molar-refractivity contribution in [2.75, 3.05) is 10.6 Å². The van der Waals surface area contributed by atoms with Gasteiger partial charge in [0.25, 0.3) is 5.91 Å². The molecule has 0 bridgehead atoms. The molecule has 0 unspecified atom stereocenters. The number of amides is 1. The number of benzene rings is 2. The van der Waals surface area contributed by atoms with Gasteiger partial charge < -0.3 is 15.7 Å². The molecule has 0 aliphatic heterocycles. The van der Waals surface area contributed by atoms with Crippen LogP contribution in [0.25, 0.3) is 11.4 Å². The lowest BCUT2D eigenvalue weighted by Crippen LogP contribution is -2.21. The standard InChI is InChI=1S/C18H14N8O.C2HF3O2/c27-18(22-14-8-4-5-12(9-14)17-23-25-26-24-17)15-10-16(20-11-19-15)21-13-6-2-1-3-7-13;3-2(4,5)1(6)7/h1-11H,(H,22,27)(H,19,20,21)(H,23,24,25,26);(H,6,7). The second kappa shape index (κ2) is 10.6. The molecule has 4 N–H and O–H groups in total. The number of alkyl halides is 3. The number of anilines is 3. The van der Waals surface area contributed by atoms with E-state index in [9.17, 15) is 18.0 Å². The van der Waals surface area contributed by atoms with Gasteiger partial charge in [-0.25, -0.2) is 14.8 Å². The summed E-state index contributed by atoms with van der Waals surface area (Å²) in [5, 5.41) is 26.9. The van der Waals surface area contributed by atoms with E-state index in [4.69, 9.17) is 9.90 Å². The van der Waals surface area contributed by atoms with Gasteiger partial charge in [0.1, 0.15) is 17.8 Å². The van der Waals surface area contributed by atoms with E-state index in [1.807, 2.05) is 36.4 Å². The molecule has 34 heavy (non-hydrogen) atoms. The van der Waals surface area contributed by atoms with Gasteiger partial charge in [-0.2, -0.15) is 18.4 Å². The maximum absolute atomic E-state index is 12.5. The Kier molecular flexibility index (Phi) is 7.43. The molecule has 0 aliphatic carbocycles. The minimum atomic E-state index is -5.08. The van der Waals surface area contributed by atoms with Crippen LogP contribution in [0.5, 0.6) is 0 Å². The Morgan fingerprint density at radius 2 is 1.65 bits per heavy atom. The number of tetrazole rings is 1. The Hall–Kier alpha value is -4.88. The van der Waals surface area contributed by atoms with Crippen molar-refractivity contribution in [2.45, 2.75) is 6.18 Å². The van der Waals surface area contributed by atoms with Crippen LogP contribution in [0.15, 0.2) is 67.0 Å². The third-order valence-electron chi connectivity index (χ3n) is 3.91. The number of aromatic nitrogens is 6. The summed E-state index contributed by atoms with van der Waals surface area (Å²) in [6.45, 7) is 0. The van der Waals surface area contributed by atoms with Crippen LogP contribution in [0.4, 0.5) is 30.4 Å². The maximum Gasteiger partial charge on any atom is 0.490 e. The van der Waals surface area contributed by atoms with E-state index < -0.39 is 12.1 Å². The highest BCUT2D eigenvalue weighted by atomic mass is 19.4. The fourth-order valence-electron chi connectivity index (χ4n) is 2.43. The van der Waals surface area contributed by atoms with Crippen molar-refractivity contribution >= 4 is 29.1 Å². The molecule has 1 amide bonds. The summed E-state index contributed by atoms with van der Waals surface area (Å²) in [4.78, 5) is 29.6. The summed E-state index contributed by atoms with van der Waals surface area (Å²) in [7, 11) is 0. The largest absolute Gasteiger partial charge is 0.490 e. The van der Waals surface area contributed by atoms with Gasteiger partial charge in [-0.15, -0.1) is 10.2 Å². The average molecular weight is 472 g/mol. The number of aliphatic carboxylic acids is 1. The summed E-state index contributed by atoms with van der Waals surface area (Å²) in [5.74, 6) is -2.13. The highest BCUT2D eigenvalue weighted by Gasteiger charge is 2.38. The van der Waals surface area contributed by atoms with Crippen LogP contribution in [-0.4, -0.2) is 53.8 Å². The summed E-state index contributed by atoms with van der Waals surface area (Å²) >= 11 is 0. The lowest BCUT2D eigenvalue weighted by molar-refractivity contribution is -0.192. The zero-order valence-electron chi connectivity index (χ0n) is 17.0. The first-order valence-corrected chi connectivity index (χ1v) is 9.32. The molecule has 11 nitrogen and oxygen atoms in total. The molecule has 174 valence electrons. The van der Waals surface area contributed by atoms with Gasteiger partial charge in [0.15, 0.2) is 0 Å². The first kappa shape index (κ1) is 23.8. The van der Waals surface area contributed by atoms with Crippen LogP contribution in [0, 0.1) is 0 Å². The predicted octanol–water partition coefficient (Wildman–Crippen LogP) is 3.29. The normalized spacial score (nSPS) is 10.6. The van der Waals surface area contributed by atoms with Gasteiger partial charge >= 0.3 is 12.1 Å². The Morgan fingerprint density at radius 1 is 0.941 bits per heavy atom. The second-order valence-electron chi connectivity index (χ2n) is 6.35. The second-order valence-corrected chi connectivity index (χ2v) is 6.35. The molecule has 0 spiro atoms. The molecule has 2 heterocycles. The molecular weight excluding hydrogens is 457 g/mol. The van der Waals surface area contributed by atoms with Crippen LogP contribution in [0.1, 0.15) is 10.5 Å². The van der Waals surface area contributed by atoms with Crippen LogP contribution in [-0.2, 0) is 4.79 Å². The number of carbonyl (C=O) groups excluding carboxylic acids is 1. The molecule has 2 aromatic heterocycles. The van der Waals surface area contributed by atoms with Crippen LogP contribution in [0.3, 0.4) is 0 Å². The first-order chi connectivity index (χ1) is 16.2. The van der Waals surface area contributed by atoms with E-state index in [1.54, 1.807) is 24.3 Å². The fraction of sp³-hybridized carbons (Fsp3) is 0.0500. The van der Waals surface area contributed by atoms with Crippen molar-refractivity contribution in [1.29, 1.82) is 0 Å². The lowest BCUT2D eigenvalue weighted by Gasteiger charge is -2.08. The Balaban J connectivity index is 0.000000406. The number of aromatic amines is 1. The molecule has 2 aromatic carbocycles. The fourth-order valence-corrected chi connectivity index (χ4v) is 2.43. The summed E-state index contributed by atoms with van der Waals surface area (Å²) in [6, 6.07) is 18.3. The van der Waals surface area contributed by atoms with Crippen molar-refractivity contribution in [1.82, 2.24) is 30.6 Å². The van der Waals surface area contributed by atoms with Gasteiger partial charge in [0.2, 0.25) is 5.82 Å². The molecule has 0 atom stereocenters. The zero-order valence-corrected chi connectivity index (χ0v) is 17.0. The molecule has 0 saturated carbocycles. The quantitative estimate of drug-likeness (QED) is 0.342. The summed E-state index contributed by atoms with van der Waals surface area (Å²) in [5.41, 5.74) is 2.44. The molecule has 0 aliphatic rings. The van der Waals surface area contributed by atoms with Crippen LogP contribution < -0.4 is 10.6 Å². The van der Waals surface area contributed by atoms with E-state index >= 15 is 0 Å². The van der Waals surface area contributed by atoms with E-state index in [0.717, 1.165) is 11.3 Å². The van der Waals surface area contributed by atoms with E-state index in [0.29, 0.717) is 17.3 Å². The van der Waals surface area contributed by atoms with E-state index in [1.165, 1.54) is 6.33 Å². The maximum atomic E-state index is 12.5. The van der Waals surface area contributed by atoms with Gasteiger partial charge in [-0.05, 0) is 29.5 Å². The number of H-pyrrole nitrogens is 1. The highest BCUT2D eigenvalue weighted by Crippen LogP contribution is 2.19. The summed E-state index contributed by atoms with van der Waals surface area (Å²) < 4.78 is 31.7. The van der Waals surface area contributed by atoms with Crippen molar-refractivity contribution < 1.29 is 27.9 Å². The molecule has 0 fully saturated rings. The number of nitrogens with one attached hydrogen (secondary N) is 3. The van der Waals surface area contributed by atoms with Gasteiger partial charge in [-0.1, -0.05) is 30.3 Å². The smallest absolute Gasteiger partial charge is 0.475 e.